The highest BCUT2D eigenvalue weighted by atomic mass is 35.5. The van der Waals surface area contributed by atoms with Crippen molar-refractivity contribution in [3.63, 3.8) is 0 Å². The first-order chi connectivity index (χ1) is 7.83. The molecular weight excluding hydrogens is 226 g/mol. The van der Waals surface area contributed by atoms with Crippen LogP contribution in [0.3, 0.4) is 0 Å². The molecule has 0 amide bonds. The Morgan fingerprint density at radius 3 is 3.12 bits per heavy atom. The molecule has 0 N–H and O–H groups in total. The number of nitrogens with zero attached hydrogens (tertiary/aromatic N) is 3. The molecule has 1 aromatic rings. The lowest BCUT2D eigenvalue weighted by molar-refractivity contribution is 0.379. The Labute approximate surface area is 101 Å². The lowest BCUT2D eigenvalue weighted by atomic mass is 9.96. The van der Waals surface area contributed by atoms with Crippen LogP contribution in [0.2, 0.25) is 0 Å². The third kappa shape index (κ3) is 2.67. The lowest BCUT2D eigenvalue weighted by Crippen LogP contribution is -2.35. The fraction of sp³-hybridized carbons (Fsp3) is 0.818. The van der Waals surface area contributed by atoms with Gasteiger partial charge in [-0.15, -0.1) is 16.7 Å². The molecule has 0 spiro atoms. The van der Waals surface area contributed by atoms with E-state index < -0.39 is 0 Å². The summed E-state index contributed by atoms with van der Waals surface area (Å²) in [6.07, 6.45) is 4.40. The van der Waals surface area contributed by atoms with E-state index in [2.05, 4.69) is 22.0 Å². The summed E-state index contributed by atoms with van der Waals surface area (Å²) >= 11 is 5.64. The van der Waals surface area contributed by atoms with Crippen LogP contribution in [0.15, 0.2) is 4.42 Å². The van der Waals surface area contributed by atoms with Gasteiger partial charge in [0.2, 0.25) is 5.89 Å². The van der Waals surface area contributed by atoms with Crippen LogP contribution in [0.1, 0.15) is 32.1 Å². The minimum absolute atomic E-state index is 0.527. The molecule has 1 aliphatic rings. The molecule has 0 bridgehead atoms. The molecule has 1 unspecified atom stereocenters. The van der Waals surface area contributed by atoms with Crippen molar-refractivity contribution in [2.75, 3.05) is 23.9 Å². The predicted octanol–water partition coefficient (Wildman–Crippen LogP) is 2.48. The number of hydrogen-bond donors (Lipinski definition) is 0. The molecule has 5 heteroatoms. The summed E-state index contributed by atoms with van der Waals surface area (Å²) in [5.41, 5.74) is 0. The van der Waals surface area contributed by atoms with Crippen LogP contribution in [0.4, 0.5) is 6.01 Å². The van der Waals surface area contributed by atoms with E-state index in [9.17, 15) is 0 Å². The summed E-state index contributed by atoms with van der Waals surface area (Å²) < 4.78 is 5.58. The number of aryl methyl sites for hydroxylation is 1. The second-order valence-corrected chi connectivity index (χ2v) is 4.66. The summed E-state index contributed by atoms with van der Waals surface area (Å²) in [6.45, 7) is 4.30. The normalized spacial score (nSPS) is 21.4. The fourth-order valence-electron chi connectivity index (χ4n) is 2.13. The van der Waals surface area contributed by atoms with E-state index in [0.717, 1.165) is 19.0 Å². The standard InChI is InChI=1S/C11H18ClN3O/c1-2-9-4-3-7-15(8-9)11-14-13-10(16-11)5-6-12/h9H,2-8H2,1H3. The minimum atomic E-state index is 0.527. The van der Waals surface area contributed by atoms with Gasteiger partial charge in [0.05, 0.1) is 0 Å². The minimum Gasteiger partial charge on any atom is -0.408 e. The summed E-state index contributed by atoms with van der Waals surface area (Å²) in [5, 5.41) is 8.07. The zero-order valence-electron chi connectivity index (χ0n) is 9.65. The molecule has 0 aromatic carbocycles. The van der Waals surface area contributed by atoms with Gasteiger partial charge in [0.15, 0.2) is 0 Å². The Morgan fingerprint density at radius 1 is 1.50 bits per heavy atom. The summed E-state index contributed by atoms with van der Waals surface area (Å²) in [7, 11) is 0. The van der Waals surface area contributed by atoms with E-state index in [4.69, 9.17) is 16.0 Å². The maximum Gasteiger partial charge on any atom is 0.318 e. The maximum absolute atomic E-state index is 5.64. The molecule has 1 aliphatic heterocycles. The van der Waals surface area contributed by atoms with Gasteiger partial charge in [-0.3, -0.25) is 0 Å². The largest absolute Gasteiger partial charge is 0.408 e. The third-order valence-electron chi connectivity index (χ3n) is 3.13. The maximum atomic E-state index is 5.64. The molecule has 2 rings (SSSR count). The van der Waals surface area contributed by atoms with Gasteiger partial charge in [-0.2, -0.15) is 0 Å². The van der Waals surface area contributed by atoms with Crippen molar-refractivity contribution >= 4 is 17.6 Å². The van der Waals surface area contributed by atoms with E-state index >= 15 is 0 Å². The van der Waals surface area contributed by atoms with Gasteiger partial charge < -0.3 is 9.32 Å². The summed E-state index contributed by atoms with van der Waals surface area (Å²) in [4.78, 5) is 2.20. The average Bonchev–Trinajstić information content (AvgIpc) is 2.78. The lowest BCUT2D eigenvalue weighted by Gasteiger charge is -2.30. The highest BCUT2D eigenvalue weighted by molar-refractivity contribution is 6.17. The van der Waals surface area contributed by atoms with Crippen LogP contribution in [0.25, 0.3) is 0 Å². The molecular formula is C11H18ClN3O. The molecule has 4 nitrogen and oxygen atoms in total. The number of rotatable bonds is 4. The fourth-order valence-corrected chi connectivity index (χ4v) is 2.29. The molecule has 0 saturated carbocycles. The van der Waals surface area contributed by atoms with Crippen LogP contribution in [0, 0.1) is 5.92 Å². The molecule has 1 atom stereocenters. The van der Waals surface area contributed by atoms with Crippen molar-refractivity contribution in [2.45, 2.75) is 32.6 Å². The third-order valence-corrected chi connectivity index (χ3v) is 3.32. The zero-order chi connectivity index (χ0) is 11.4. The van der Waals surface area contributed by atoms with Gasteiger partial charge in [0.25, 0.3) is 0 Å². The number of anilines is 1. The van der Waals surface area contributed by atoms with Crippen molar-refractivity contribution in [3.8, 4) is 0 Å². The Kier molecular flexibility index (Phi) is 4.04. The van der Waals surface area contributed by atoms with Crippen molar-refractivity contribution in [2.24, 2.45) is 5.92 Å². The van der Waals surface area contributed by atoms with E-state index in [-0.39, 0.29) is 0 Å². The van der Waals surface area contributed by atoms with E-state index in [0.29, 0.717) is 24.2 Å². The number of alkyl halides is 1. The number of aromatic nitrogens is 2. The van der Waals surface area contributed by atoms with Gasteiger partial charge in [-0.05, 0) is 18.8 Å². The summed E-state index contributed by atoms with van der Waals surface area (Å²) in [5.74, 6) is 1.93. The van der Waals surface area contributed by atoms with Crippen LogP contribution >= 0.6 is 11.6 Å². The molecule has 1 saturated heterocycles. The Bertz CT molecular complexity index is 329. The highest BCUT2D eigenvalue weighted by Gasteiger charge is 2.22. The smallest absolute Gasteiger partial charge is 0.318 e. The number of halogens is 1. The van der Waals surface area contributed by atoms with E-state index in [1.807, 2.05) is 0 Å². The first-order valence-corrected chi connectivity index (χ1v) is 6.50. The quantitative estimate of drug-likeness (QED) is 0.762. The van der Waals surface area contributed by atoms with Gasteiger partial charge in [-0.25, -0.2) is 0 Å². The molecule has 1 aromatic heterocycles. The van der Waals surface area contributed by atoms with Gasteiger partial charge in [-0.1, -0.05) is 18.4 Å². The monoisotopic (exact) mass is 243 g/mol. The van der Waals surface area contributed by atoms with E-state index in [1.165, 1.54) is 19.3 Å². The van der Waals surface area contributed by atoms with Crippen molar-refractivity contribution in [1.82, 2.24) is 10.2 Å². The predicted molar refractivity (Wildman–Crippen MR) is 64.0 cm³/mol. The molecule has 0 radical (unpaired) electrons. The molecule has 90 valence electrons. The topological polar surface area (TPSA) is 42.2 Å². The Morgan fingerprint density at radius 2 is 2.38 bits per heavy atom. The Hall–Kier alpha value is -0.770. The van der Waals surface area contributed by atoms with Gasteiger partial charge in [0.1, 0.15) is 0 Å². The number of hydrogen-bond acceptors (Lipinski definition) is 4. The average molecular weight is 244 g/mol. The SMILES string of the molecule is CCC1CCCN(c2nnc(CCCl)o2)C1. The molecule has 16 heavy (non-hydrogen) atoms. The number of piperidine rings is 1. The van der Waals surface area contributed by atoms with Crippen molar-refractivity contribution < 1.29 is 4.42 Å². The zero-order valence-corrected chi connectivity index (χ0v) is 10.4. The molecule has 0 aliphatic carbocycles. The van der Waals surface area contributed by atoms with Crippen LogP contribution < -0.4 is 4.90 Å². The van der Waals surface area contributed by atoms with Gasteiger partial charge in [0, 0.05) is 25.4 Å². The van der Waals surface area contributed by atoms with Crippen LogP contribution in [-0.2, 0) is 6.42 Å². The van der Waals surface area contributed by atoms with Crippen molar-refractivity contribution in [1.29, 1.82) is 0 Å². The summed E-state index contributed by atoms with van der Waals surface area (Å²) in [6, 6.07) is 0.665. The molecule has 1 fully saturated rings. The molecule has 2 heterocycles. The first kappa shape index (κ1) is 11.7. The van der Waals surface area contributed by atoms with Crippen LogP contribution in [0.5, 0.6) is 0 Å². The van der Waals surface area contributed by atoms with Crippen molar-refractivity contribution in [3.05, 3.63) is 5.89 Å². The first-order valence-electron chi connectivity index (χ1n) is 5.96. The van der Waals surface area contributed by atoms with Crippen LogP contribution in [-0.4, -0.2) is 29.2 Å². The Balaban J connectivity index is 1.99. The highest BCUT2D eigenvalue weighted by Crippen LogP contribution is 2.23. The second-order valence-electron chi connectivity index (χ2n) is 4.28. The van der Waals surface area contributed by atoms with Gasteiger partial charge >= 0.3 is 6.01 Å². The van der Waals surface area contributed by atoms with E-state index in [1.54, 1.807) is 0 Å². The second kappa shape index (κ2) is 5.53.